The lowest BCUT2D eigenvalue weighted by Crippen LogP contribution is -2.43. The Hall–Kier alpha value is -2.32. The van der Waals surface area contributed by atoms with Crippen LogP contribution in [0.1, 0.15) is 37.0 Å². The summed E-state index contributed by atoms with van der Waals surface area (Å²) in [5.41, 5.74) is 7.39. The van der Waals surface area contributed by atoms with E-state index in [1.165, 1.54) is 11.1 Å². The van der Waals surface area contributed by atoms with E-state index in [2.05, 4.69) is 85.1 Å². The Morgan fingerprint density at radius 2 is 1.47 bits per heavy atom. The molecule has 2 rings (SSSR count). The normalized spacial score (nSPS) is 9.66. The van der Waals surface area contributed by atoms with Crippen LogP contribution in [-0.2, 0) is 4.74 Å². The highest BCUT2D eigenvalue weighted by Gasteiger charge is 2.13. The number of hydrogen-bond donors (Lipinski definition) is 5. The van der Waals surface area contributed by atoms with E-state index >= 15 is 0 Å². The van der Waals surface area contributed by atoms with Crippen molar-refractivity contribution in [3.8, 4) is 0 Å². The summed E-state index contributed by atoms with van der Waals surface area (Å²) >= 11 is 0. The van der Waals surface area contributed by atoms with Gasteiger partial charge in [-0.15, -0.1) is 24.8 Å². The fourth-order valence-electron chi connectivity index (χ4n) is 2.56. The number of unbranched alkanes of at least 4 members (excludes halogenated alkanes) is 1. The topological polar surface area (TPSA) is 110 Å². The van der Waals surface area contributed by atoms with Crippen LogP contribution < -0.4 is 16.4 Å². The molecule has 0 saturated carbocycles. The Balaban J connectivity index is 0. The average Bonchev–Trinajstić information content (AvgIpc) is 2.72. The van der Waals surface area contributed by atoms with Crippen molar-refractivity contribution in [3.63, 3.8) is 0 Å². The number of halogens is 2. The minimum atomic E-state index is -0.209. The summed E-state index contributed by atoms with van der Waals surface area (Å²) in [6.45, 7) is 4.47. The Morgan fingerprint density at radius 3 is 1.88 bits per heavy atom. The number of benzene rings is 2. The molecule has 0 fully saturated rings. The second-order valence-electron chi connectivity index (χ2n) is 7.07. The molecule has 0 spiro atoms. The molecule has 0 atom stereocenters. The van der Waals surface area contributed by atoms with Gasteiger partial charge in [-0.3, -0.25) is 16.1 Å². The molecule has 2 aromatic rings. The molecule has 0 aromatic heterocycles. The van der Waals surface area contributed by atoms with Crippen molar-refractivity contribution in [3.05, 3.63) is 71.8 Å². The van der Waals surface area contributed by atoms with Gasteiger partial charge in [0.25, 0.3) is 0 Å². The lowest BCUT2D eigenvalue weighted by atomic mass is 10.0. The van der Waals surface area contributed by atoms with Crippen LogP contribution in [0.25, 0.3) is 0 Å². The monoisotopic (exact) mass is 484 g/mol. The van der Waals surface area contributed by atoms with Gasteiger partial charge in [0.1, 0.15) is 6.10 Å². The summed E-state index contributed by atoms with van der Waals surface area (Å²) in [7, 11) is 4.12. The zero-order chi connectivity index (χ0) is 22.2. The third kappa shape index (κ3) is 14.6. The molecule has 32 heavy (non-hydrogen) atoms. The third-order valence-corrected chi connectivity index (χ3v) is 4.12. The van der Waals surface area contributed by atoms with Gasteiger partial charge in [-0.05, 0) is 31.6 Å². The molecule has 0 unspecified atom stereocenters. The van der Waals surface area contributed by atoms with E-state index in [0.717, 1.165) is 32.5 Å². The van der Waals surface area contributed by atoms with E-state index in [-0.39, 0.29) is 42.8 Å². The number of nitrogens with zero attached hydrogens (tertiary/aromatic N) is 1. The van der Waals surface area contributed by atoms with Crippen molar-refractivity contribution in [2.75, 3.05) is 33.8 Å². The van der Waals surface area contributed by atoms with E-state index in [9.17, 15) is 0 Å². The second-order valence-corrected chi connectivity index (χ2v) is 7.07. The van der Waals surface area contributed by atoms with E-state index < -0.39 is 0 Å². The number of likely N-dealkylation sites (N-methyl/N-ethyl adjacent to an activating group) is 1. The summed E-state index contributed by atoms with van der Waals surface area (Å²) in [6.07, 6.45) is 2.12. The van der Waals surface area contributed by atoms with Crippen molar-refractivity contribution in [1.82, 2.24) is 15.5 Å². The summed E-state index contributed by atoms with van der Waals surface area (Å²) in [6, 6.07) is 20.8. The van der Waals surface area contributed by atoms with Crippen LogP contribution >= 0.6 is 24.8 Å². The molecule has 2 aromatic carbocycles. The zero-order valence-corrected chi connectivity index (χ0v) is 20.8. The number of rotatable bonds is 9. The van der Waals surface area contributed by atoms with Crippen LogP contribution in [0.15, 0.2) is 60.7 Å². The molecule has 0 heterocycles. The minimum absolute atomic E-state index is 0. The molecule has 0 aliphatic rings. The summed E-state index contributed by atoms with van der Waals surface area (Å²) in [5, 5.41) is 19.0. The Labute approximate surface area is 204 Å². The van der Waals surface area contributed by atoms with Gasteiger partial charge >= 0.3 is 0 Å². The van der Waals surface area contributed by atoms with Crippen molar-refractivity contribution in [2.24, 2.45) is 5.73 Å². The first kappa shape index (κ1) is 31.9. The second kappa shape index (κ2) is 19.4. The first-order chi connectivity index (χ1) is 14.4. The highest BCUT2D eigenvalue weighted by Crippen LogP contribution is 2.25. The molecule has 180 valence electrons. The number of ether oxygens (including phenoxy) is 1. The van der Waals surface area contributed by atoms with E-state index in [1.807, 2.05) is 12.1 Å². The lowest BCUT2D eigenvalue weighted by molar-refractivity contribution is 0.0687. The highest BCUT2D eigenvalue weighted by molar-refractivity contribution is 5.94. The van der Waals surface area contributed by atoms with Crippen LogP contribution in [0.5, 0.6) is 0 Å². The molecule has 0 bridgehead atoms. The largest absolute Gasteiger partial charge is 0.370 e. The SMILES string of the molecule is CCCCNC(=N)NC(=N)N.CN(C)CCOC(c1ccccc1)c1ccccc1.Cl.Cl. The summed E-state index contributed by atoms with van der Waals surface area (Å²) in [5.74, 6) is -0.120. The van der Waals surface area contributed by atoms with Gasteiger partial charge in [-0.25, -0.2) is 0 Å². The zero-order valence-electron chi connectivity index (χ0n) is 19.1. The fraction of sp³-hybridized carbons (Fsp3) is 0.391. The Bertz CT molecular complexity index is 692. The maximum atomic E-state index is 7.15. The van der Waals surface area contributed by atoms with Crippen LogP contribution in [0.2, 0.25) is 0 Å². The quantitative estimate of drug-likeness (QED) is 0.210. The average molecular weight is 486 g/mol. The van der Waals surface area contributed by atoms with Gasteiger partial charge in [0, 0.05) is 13.1 Å². The number of nitrogens with one attached hydrogen (secondary N) is 4. The van der Waals surface area contributed by atoms with Gasteiger partial charge in [-0.1, -0.05) is 74.0 Å². The van der Waals surface area contributed by atoms with Gasteiger partial charge < -0.3 is 20.7 Å². The predicted molar refractivity (Wildman–Crippen MR) is 139 cm³/mol. The van der Waals surface area contributed by atoms with E-state index in [0.29, 0.717) is 0 Å². The van der Waals surface area contributed by atoms with Crippen molar-refractivity contribution >= 4 is 36.7 Å². The third-order valence-electron chi connectivity index (χ3n) is 4.12. The number of hydrogen-bond acceptors (Lipinski definition) is 4. The molecule has 0 aliphatic carbocycles. The maximum Gasteiger partial charge on any atom is 0.195 e. The Kier molecular flexibility index (Phi) is 19.3. The summed E-state index contributed by atoms with van der Waals surface area (Å²) in [4.78, 5) is 2.13. The number of nitrogens with two attached hydrogens (primary N) is 1. The molecular formula is C23H38Cl2N6O. The van der Waals surface area contributed by atoms with Gasteiger partial charge in [0.05, 0.1) is 6.61 Å². The maximum absolute atomic E-state index is 7.15. The molecule has 9 heteroatoms. The van der Waals surface area contributed by atoms with Gasteiger partial charge in [-0.2, -0.15) is 0 Å². The van der Waals surface area contributed by atoms with E-state index in [1.54, 1.807) is 0 Å². The molecule has 0 saturated heterocycles. The standard InChI is InChI=1S/C17H21NO.C6H15N5.2ClH/c1-18(2)13-14-19-17(15-9-5-3-6-10-15)16-11-7-4-8-12-16;1-2-3-4-10-6(9)11-5(7)8;;/h3-12,17H,13-14H2,1-2H3;2-4H2,1H3,(H6,7,8,9,10,11);2*1H. The van der Waals surface area contributed by atoms with Crippen molar-refractivity contribution < 1.29 is 4.74 Å². The fourth-order valence-corrected chi connectivity index (χ4v) is 2.56. The predicted octanol–water partition coefficient (Wildman–Crippen LogP) is 3.99. The minimum Gasteiger partial charge on any atom is -0.370 e. The van der Waals surface area contributed by atoms with Gasteiger partial charge in [0.2, 0.25) is 0 Å². The van der Waals surface area contributed by atoms with Crippen LogP contribution in [0, 0.1) is 10.8 Å². The smallest absolute Gasteiger partial charge is 0.195 e. The van der Waals surface area contributed by atoms with Crippen molar-refractivity contribution in [2.45, 2.75) is 25.9 Å². The van der Waals surface area contributed by atoms with Gasteiger partial charge in [0.15, 0.2) is 11.9 Å². The highest BCUT2D eigenvalue weighted by atomic mass is 35.5. The molecule has 0 amide bonds. The van der Waals surface area contributed by atoms with Crippen molar-refractivity contribution in [1.29, 1.82) is 10.8 Å². The molecular weight excluding hydrogens is 447 g/mol. The van der Waals surface area contributed by atoms with Crippen LogP contribution in [0.3, 0.4) is 0 Å². The van der Waals surface area contributed by atoms with E-state index in [4.69, 9.17) is 21.3 Å². The first-order valence-corrected chi connectivity index (χ1v) is 10.2. The lowest BCUT2D eigenvalue weighted by Gasteiger charge is -2.20. The van der Waals surface area contributed by atoms with Crippen LogP contribution in [0.4, 0.5) is 0 Å². The molecule has 0 aliphatic heterocycles. The first-order valence-electron chi connectivity index (χ1n) is 10.2. The molecule has 0 radical (unpaired) electrons. The van der Waals surface area contributed by atoms with Crippen LogP contribution in [-0.4, -0.2) is 50.6 Å². The number of guanidine groups is 2. The summed E-state index contributed by atoms with van der Waals surface area (Å²) < 4.78 is 6.08. The molecule has 6 N–H and O–H groups in total. The Morgan fingerprint density at radius 1 is 0.969 bits per heavy atom. The molecule has 7 nitrogen and oxygen atoms in total.